The number of benzene rings is 1. The monoisotopic (exact) mass is 343 g/mol. The van der Waals surface area contributed by atoms with Crippen molar-refractivity contribution in [3.8, 4) is 11.5 Å². The molecule has 0 radical (unpaired) electrons. The Bertz CT molecular complexity index is 753. The molecule has 2 aliphatic rings. The summed E-state index contributed by atoms with van der Waals surface area (Å²) in [6.45, 7) is 1.78. The molecule has 7 heteroatoms. The van der Waals surface area contributed by atoms with Gasteiger partial charge in [-0.1, -0.05) is 6.07 Å². The fourth-order valence-electron chi connectivity index (χ4n) is 3.13. The molecule has 7 nitrogen and oxygen atoms in total. The molecule has 4 rings (SSSR count). The van der Waals surface area contributed by atoms with Crippen molar-refractivity contribution in [2.45, 2.75) is 38.3 Å². The molecule has 1 amide bonds. The zero-order valence-corrected chi connectivity index (χ0v) is 13.9. The van der Waals surface area contributed by atoms with Crippen molar-refractivity contribution in [1.82, 2.24) is 9.78 Å². The first-order chi connectivity index (χ1) is 12.3. The van der Waals surface area contributed by atoms with Gasteiger partial charge in [0.1, 0.15) is 0 Å². The van der Waals surface area contributed by atoms with Crippen LogP contribution in [0.2, 0.25) is 0 Å². The third-order valence-electron chi connectivity index (χ3n) is 4.38. The van der Waals surface area contributed by atoms with E-state index in [9.17, 15) is 4.79 Å². The van der Waals surface area contributed by atoms with Crippen molar-refractivity contribution in [3.05, 3.63) is 36.2 Å². The SMILES string of the molecule is O=C(Cc1ccc2c(c1)OCO2)Nc1cnn(C[C@@H]2CCCCO2)c1. The molecule has 0 bridgehead atoms. The minimum Gasteiger partial charge on any atom is -0.454 e. The second kappa shape index (κ2) is 7.14. The molecule has 3 heterocycles. The zero-order chi connectivity index (χ0) is 17.1. The standard InChI is InChI=1S/C18H21N3O4/c22-18(8-13-4-5-16-17(7-13)25-12-24-16)20-14-9-19-21(10-14)11-15-3-1-2-6-23-15/h4-5,7,9-10,15H,1-3,6,8,11-12H2,(H,20,22)/t15-/m0/s1. The van der Waals surface area contributed by atoms with E-state index in [1.807, 2.05) is 29.1 Å². The predicted molar refractivity (Wildman–Crippen MR) is 90.7 cm³/mol. The summed E-state index contributed by atoms with van der Waals surface area (Å²) >= 11 is 0. The van der Waals surface area contributed by atoms with E-state index in [2.05, 4.69) is 10.4 Å². The van der Waals surface area contributed by atoms with Crippen LogP contribution >= 0.6 is 0 Å². The maximum absolute atomic E-state index is 12.2. The Morgan fingerprint density at radius 3 is 3.08 bits per heavy atom. The Kier molecular flexibility index (Phi) is 4.56. The van der Waals surface area contributed by atoms with Crippen LogP contribution < -0.4 is 14.8 Å². The van der Waals surface area contributed by atoms with Crippen molar-refractivity contribution in [2.24, 2.45) is 0 Å². The van der Waals surface area contributed by atoms with Crippen LogP contribution in [0.3, 0.4) is 0 Å². The number of anilines is 1. The molecule has 0 saturated carbocycles. The average Bonchev–Trinajstić information content (AvgIpc) is 3.24. The third kappa shape index (κ3) is 3.93. The van der Waals surface area contributed by atoms with E-state index in [1.165, 1.54) is 6.42 Å². The lowest BCUT2D eigenvalue weighted by molar-refractivity contribution is -0.115. The Labute approximate surface area is 145 Å². The number of hydrogen-bond acceptors (Lipinski definition) is 5. The van der Waals surface area contributed by atoms with Crippen molar-refractivity contribution in [2.75, 3.05) is 18.7 Å². The maximum Gasteiger partial charge on any atom is 0.231 e. The molecular formula is C18H21N3O4. The van der Waals surface area contributed by atoms with Crippen LogP contribution in [0, 0.1) is 0 Å². The number of carbonyl (C=O) groups excluding carboxylic acids is 1. The molecule has 132 valence electrons. The van der Waals surface area contributed by atoms with Crippen molar-refractivity contribution in [1.29, 1.82) is 0 Å². The molecule has 1 aromatic carbocycles. The molecular weight excluding hydrogens is 322 g/mol. The van der Waals surface area contributed by atoms with E-state index < -0.39 is 0 Å². The first-order valence-corrected chi connectivity index (χ1v) is 8.59. The number of nitrogens with one attached hydrogen (secondary N) is 1. The van der Waals surface area contributed by atoms with Gasteiger partial charge in [-0.15, -0.1) is 0 Å². The molecule has 0 spiro atoms. The van der Waals surface area contributed by atoms with Gasteiger partial charge in [0, 0.05) is 12.8 Å². The van der Waals surface area contributed by atoms with Crippen LogP contribution in [-0.2, 0) is 22.5 Å². The molecule has 25 heavy (non-hydrogen) atoms. The van der Waals surface area contributed by atoms with E-state index in [4.69, 9.17) is 14.2 Å². The Hall–Kier alpha value is -2.54. The second-order valence-corrected chi connectivity index (χ2v) is 6.35. The van der Waals surface area contributed by atoms with Gasteiger partial charge in [0.05, 0.1) is 31.0 Å². The van der Waals surface area contributed by atoms with Crippen LogP contribution in [-0.4, -0.2) is 35.2 Å². The van der Waals surface area contributed by atoms with Gasteiger partial charge in [0.15, 0.2) is 11.5 Å². The highest BCUT2D eigenvalue weighted by atomic mass is 16.7. The second-order valence-electron chi connectivity index (χ2n) is 6.35. The minimum atomic E-state index is -0.0904. The van der Waals surface area contributed by atoms with Crippen molar-refractivity contribution in [3.63, 3.8) is 0 Å². The van der Waals surface area contributed by atoms with Gasteiger partial charge in [-0.25, -0.2) is 0 Å². The van der Waals surface area contributed by atoms with Gasteiger partial charge in [0.2, 0.25) is 12.7 Å². The third-order valence-corrected chi connectivity index (χ3v) is 4.38. The Morgan fingerprint density at radius 2 is 2.20 bits per heavy atom. The minimum absolute atomic E-state index is 0.0904. The summed E-state index contributed by atoms with van der Waals surface area (Å²) in [5, 5.41) is 7.18. The molecule has 1 fully saturated rings. The van der Waals surface area contributed by atoms with Crippen LogP contribution in [0.5, 0.6) is 11.5 Å². The first-order valence-electron chi connectivity index (χ1n) is 8.59. The van der Waals surface area contributed by atoms with E-state index >= 15 is 0 Å². The number of aromatic nitrogens is 2. The average molecular weight is 343 g/mol. The number of carbonyl (C=O) groups is 1. The Morgan fingerprint density at radius 1 is 1.28 bits per heavy atom. The summed E-state index contributed by atoms with van der Waals surface area (Å²) in [6, 6.07) is 5.54. The quantitative estimate of drug-likeness (QED) is 0.902. The van der Waals surface area contributed by atoms with Crippen LogP contribution in [0.1, 0.15) is 24.8 Å². The highest BCUT2D eigenvalue weighted by Crippen LogP contribution is 2.32. The lowest BCUT2D eigenvalue weighted by Crippen LogP contribution is -2.24. The number of fused-ring (bicyclic) bond motifs is 1. The number of rotatable bonds is 5. The van der Waals surface area contributed by atoms with E-state index in [0.717, 1.165) is 37.3 Å². The van der Waals surface area contributed by atoms with E-state index in [0.29, 0.717) is 11.4 Å². The summed E-state index contributed by atoms with van der Waals surface area (Å²) < 4.78 is 18.2. The lowest BCUT2D eigenvalue weighted by Gasteiger charge is -2.22. The summed E-state index contributed by atoms with van der Waals surface area (Å²) in [4.78, 5) is 12.2. The van der Waals surface area contributed by atoms with Gasteiger partial charge in [-0.3, -0.25) is 9.48 Å². The largest absolute Gasteiger partial charge is 0.454 e. The number of hydrogen-bond donors (Lipinski definition) is 1. The molecule has 1 N–H and O–H groups in total. The molecule has 1 atom stereocenters. The maximum atomic E-state index is 12.2. The first kappa shape index (κ1) is 16.0. The summed E-state index contributed by atoms with van der Waals surface area (Å²) in [5.74, 6) is 1.31. The lowest BCUT2D eigenvalue weighted by atomic mass is 10.1. The fourth-order valence-corrected chi connectivity index (χ4v) is 3.13. The molecule has 1 aromatic heterocycles. The Balaban J connectivity index is 1.32. The van der Waals surface area contributed by atoms with Gasteiger partial charge in [-0.05, 0) is 37.0 Å². The highest BCUT2D eigenvalue weighted by molar-refractivity contribution is 5.92. The van der Waals surface area contributed by atoms with Crippen molar-refractivity contribution >= 4 is 11.6 Å². The van der Waals surface area contributed by atoms with Crippen molar-refractivity contribution < 1.29 is 19.0 Å². The van der Waals surface area contributed by atoms with E-state index in [-0.39, 0.29) is 25.2 Å². The molecule has 0 aliphatic carbocycles. The predicted octanol–water partition coefficient (Wildman–Crippen LogP) is 2.36. The van der Waals surface area contributed by atoms with Gasteiger partial charge in [0.25, 0.3) is 0 Å². The van der Waals surface area contributed by atoms with E-state index in [1.54, 1.807) is 6.20 Å². The summed E-state index contributed by atoms with van der Waals surface area (Å²) in [7, 11) is 0. The number of amides is 1. The summed E-state index contributed by atoms with van der Waals surface area (Å²) in [6.07, 6.45) is 7.39. The number of nitrogens with zero attached hydrogens (tertiary/aromatic N) is 2. The van der Waals surface area contributed by atoms with Crippen LogP contribution in [0.4, 0.5) is 5.69 Å². The molecule has 2 aromatic rings. The van der Waals surface area contributed by atoms with Crippen LogP contribution in [0.25, 0.3) is 0 Å². The molecule has 1 saturated heterocycles. The zero-order valence-electron chi connectivity index (χ0n) is 13.9. The molecule has 2 aliphatic heterocycles. The van der Waals surface area contributed by atoms with Crippen LogP contribution in [0.15, 0.2) is 30.6 Å². The van der Waals surface area contributed by atoms with Gasteiger partial charge < -0.3 is 19.5 Å². The topological polar surface area (TPSA) is 74.6 Å². The normalized spacial score (nSPS) is 19.0. The highest BCUT2D eigenvalue weighted by Gasteiger charge is 2.16. The van der Waals surface area contributed by atoms with Gasteiger partial charge >= 0.3 is 0 Å². The summed E-state index contributed by atoms with van der Waals surface area (Å²) in [5.41, 5.74) is 1.58. The molecule has 0 unspecified atom stereocenters. The van der Waals surface area contributed by atoms with Gasteiger partial charge in [-0.2, -0.15) is 5.10 Å². The smallest absolute Gasteiger partial charge is 0.231 e. The number of ether oxygens (including phenoxy) is 3. The fraction of sp³-hybridized carbons (Fsp3) is 0.444.